The second-order valence-corrected chi connectivity index (χ2v) is 6.07. The van der Waals surface area contributed by atoms with E-state index in [4.69, 9.17) is 16.3 Å². The molecule has 0 atom stereocenters. The second-order valence-electron chi connectivity index (χ2n) is 5.64. The van der Waals surface area contributed by atoms with E-state index in [0.29, 0.717) is 15.9 Å². The summed E-state index contributed by atoms with van der Waals surface area (Å²) in [6.07, 6.45) is 0. The largest absolute Gasteiger partial charge is 0.454 e. The molecule has 0 aliphatic rings. The smallest absolute Gasteiger partial charge is 0.328 e. The van der Waals surface area contributed by atoms with Crippen LogP contribution in [-0.2, 0) is 27.4 Å². The van der Waals surface area contributed by atoms with Gasteiger partial charge >= 0.3 is 5.97 Å². The third-order valence-corrected chi connectivity index (χ3v) is 3.89. The predicted molar refractivity (Wildman–Crippen MR) is 98.1 cm³/mol. The van der Waals surface area contributed by atoms with Gasteiger partial charge in [0.2, 0.25) is 0 Å². The SMILES string of the molecule is O=C(COC(=O)Cn1nnc2ccccc2c1=O)NCc1cccc(Cl)c1. The van der Waals surface area contributed by atoms with Crippen molar-refractivity contribution in [1.82, 2.24) is 20.3 Å². The van der Waals surface area contributed by atoms with Crippen molar-refractivity contribution in [2.75, 3.05) is 6.61 Å². The Labute approximate surface area is 158 Å². The molecule has 0 aliphatic carbocycles. The number of nitrogens with one attached hydrogen (secondary N) is 1. The lowest BCUT2D eigenvalue weighted by molar-refractivity contribution is -0.149. The van der Waals surface area contributed by atoms with Gasteiger partial charge in [-0.25, -0.2) is 0 Å². The minimum atomic E-state index is -0.764. The normalized spacial score (nSPS) is 10.6. The maximum Gasteiger partial charge on any atom is 0.328 e. The zero-order valence-corrected chi connectivity index (χ0v) is 14.8. The van der Waals surface area contributed by atoms with Crippen LogP contribution < -0.4 is 10.9 Å². The number of fused-ring (bicyclic) bond motifs is 1. The van der Waals surface area contributed by atoms with Gasteiger partial charge in [0.15, 0.2) is 6.61 Å². The Hall–Kier alpha value is -3.26. The van der Waals surface area contributed by atoms with E-state index < -0.39 is 30.6 Å². The van der Waals surface area contributed by atoms with Crippen molar-refractivity contribution >= 4 is 34.4 Å². The standard InChI is InChI=1S/C18H15ClN4O4/c19-13-5-3-4-12(8-13)9-20-16(24)11-27-17(25)10-23-18(26)14-6-1-2-7-15(14)21-22-23/h1-8H,9-11H2,(H,20,24). The lowest BCUT2D eigenvalue weighted by Gasteiger charge is -2.08. The number of aromatic nitrogens is 3. The van der Waals surface area contributed by atoms with Crippen molar-refractivity contribution in [3.05, 3.63) is 69.5 Å². The third-order valence-electron chi connectivity index (χ3n) is 3.65. The lowest BCUT2D eigenvalue weighted by atomic mass is 10.2. The van der Waals surface area contributed by atoms with Gasteiger partial charge < -0.3 is 10.1 Å². The molecule has 1 amide bonds. The highest BCUT2D eigenvalue weighted by molar-refractivity contribution is 6.30. The quantitative estimate of drug-likeness (QED) is 0.640. The number of carbonyl (C=O) groups is 2. The lowest BCUT2D eigenvalue weighted by Crippen LogP contribution is -2.32. The molecule has 1 N–H and O–H groups in total. The van der Waals surface area contributed by atoms with Crippen LogP contribution in [0.5, 0.6) is 0 Å². The van der Waals surface area contributed by atoms with Gasteiger partial charge in [-0.3, -0.25) is 14.4 Å². The van der Waals surface area contributed by atoms with Gasteiger partial charge in [-0.1, -0.05) is 41.1 Å². The summed E-state index contributed by atoms with van der Waals surface area (Å²) in [6, 6.07) is 13.7. The zero-order valence-electron chi connectivity index (χ0n) is 14.1. The van der Waals surface area contributed by atoms with Crippen molar-refractivity contribution in [2.24, 2.45) is 0 Å². The summed E-state index contributed by atoms with van der Waals surface area (Å²) >= 11 is 5.87. The number of nitrogens with zero attached hydrogens (tertiary/aromatic N) is 3. The van der Waals surface area contributed by atoms with Crippen LogP contribution in [-0.4, -0.2) is 33.5 Å². The zero-order chi connectivity index (χ0) is 19.2. The van der Waals surface area contributed by atoms with E-state index in [2.05, 4.69) is 15.6 Å². The third kappa shape index (κ3) is 4.89. The van der Waals surface area contributed by atoms with Gasteiger partial charge in [-0.2, -0.15) is 4.68 Å². The number of benzene rings is 2. The summed E-state index contributed by atoms with van der Waals surface area (Å²) in [7, 11) is 0. The van der Waals surface area contributed by atoms with Crippen molar-refractivity contribution in [3.63, 3.8) is 0 Å². The molecule has 0 radical (unpaired) electrons. The fraction of sp³-hybridized carbons (Fsp3) is 0.167. The number of hydrogen-bond donors (Lipinski definition) is 1. The van der Waals surface area contributed by atoms with Crippen LogP contribution in [0.1, 0.15) is 5.56 Å². The molecule has 0 aliphatic heterocycles. The molecule has 0 fully saturated rings. The first-order valence-corrected chi connectivity index (χ1v) is 8.40. The number of halogens is 1. The van der Waals surface area contributed by atoms with Gasteiger partial charge in [-0.15, -0.1) is 5.10 Å². The first-order valence-electron chi connectivity index (χ1n) is 8.02. The van der Waals surface area contributed by atoms with E-state index in [1.807, 2.05) is 6.07 Å². The summed E-state index contributed by atoms with van der Waals surface area (Å²) in [5.74, 6) is -1.24. The van der Waals surface area contributed by atoms with Crippen molar-refractivity contribution in [2.45, 2.75) is 13.1 Å². The Balaban J connectivity index is 1.51. The van der Waals surface area contributed by atoms with Crippen LogP contribution in [0.3, 0.4) is 0 Å². The van der Waals surface area contributed by atoms with Crippen molar-refractivity contribution in [1.29, 1.82) is 0 Å². The van der Waals surface area contributed by atoms with Crippen molar-refractivity contribution < 1.29 is 14.3 Å². The van der Waals surface area contributed by atoms with Gasteiger partial charge in [0.1, 0.15) is 12.1 Å². The highest BCUT2D eigenvalue weighted by Crippen LogP contribution is 2.10. The van der Waals surface area contributed by atoms with Crippen LogP contribution in [0.4, 0.5) is 0 Å². The molecule has 0 bridgehead atoms. The molecular weight excluding hydrogens is 372 g/mol. The molecule has 3 aromatic rings. The molecule has 8 nitrogen and oxygen atoms in total. The molecule has 138 valence electrons. The first-order chi connectivity index (χ1) is 13.0. The van der Waals surface area contributed by atoms with Gasteiger partial charge in [0.25, 0.3) is 11.5 Å². The minimum Gasteiger partial charge on any atom is -0.454 e. The number of amides is 1. The molecule has 27 heavy (non-hydrogen) atoms. The Morgan fingerprint density at radius 1 is 1.15 bits per heavy atom. The average molecular weight is 387 g/mol. The second kappa shape index (κ2) is 8.41. The highest BCUT2D eigenvalue weighted by atomic mass is 35.5. The molecule has 0 saturated carbocycles. The molecule has 0 saturated heterocycles. The van der Waals surface area contributed by atoms with E-state index in [1.54, 1.807) is 42.5 Å². The van der Waals surface area contributed by atoms with Gasteiger partial charge in [0.05, 0.1) is 5.39 Å². The number of hydrogen-bond acceptors (Lipinski definition) is 6. The Morgan fingerprint density at radius 3 is 2.78 bits per heavy atom. The number of esters is 1. The first kappa shape index (κ1) is 18.5. The van der Waals surface area contributed by atoms with Crippen LogP contribution in [0.2, 0.25) is 5.02 Å². The minimum absolute atomic E-state index is 0.257. The van der Waals surface area contributed by atoms with Crippen molar-refractivity contribution in [3.8, 4) is 0 Å². The average Bonchev–Trinajstić information content (AvgIpc) is 2.67. The van der Waals surface area contributed by atoms with Crippen LogP contribution in [0.15, 0.2) is 53.3 Å². The van der Waals surface area contributed by atoms with Crippen LogP contribution >= 0.6 is 11.6 Å². The van der Waals surface area contributed by atoms with Crippen LogP contribution in [0, 0.1) is 0 Å². The Kier molecular flexibility index (Phi) is 5.77. The topological polar surface area (TPSA) is 103 Å². The molecular formula is C18H15ClN4O4. The molecule has 9 heteroatoms. The molecule has 2 aromatic carbocycles. The molecule has 1 aromatic heterocycles. The van der Waals surface area contributed by atoms with E-state index in [0.717, 1.165) is 10.2 Å². The summed E-state index contributed by atoms with van der Waals surface area (Å²) in [6.45, 7) is -0.639. The summed E-state index contributed by atoms with van der Waals surface area (Å²) in [5.41, 5.74) is 0.802. The number of carbonyl (C=O) groups excluding carboxylic acids is 2. The summed E-state index contributed by atoms with van der Waals surface area (Å²) in [4.78, 5) is 35.9. The van der Waals surface area contributed by atoms with E-state index in [9.17, 15) is 14.4 Å². The maximum atomic E-state index is 12.3. The van der Waals surface area contributed by atoms with E-state index in [-0.39, 0.29) is 6.54 Å². The fourth-order valence-corrected chi connectivity index (χ4v) is 2.55. The fourth-order valence-electron chi connectivity index (χ4n) is 2.34. The Morgan fingerprint density at radius 2 is 1.96 bits per heavy atom. The predicted octanol–water partition coefficient (Wildman–Crippen LogP) is 1.30. The molecule has 3 rings (SSSR count). The monoisotopic (exact) mass is 386 g/mol. The number of rotatable bonds is 6. The molecule has 0 unspecified atom stereocenters. The number of ether oxygens (including phenoxy) is 1. The molecule has 0 spiro atoms. The molecule has 1 heterocycles. The van der Waals surface area contributed by atoms with Gasteiger partial charge in [0, 0.05) is 11.6 Å². The maximum absolute atomic E-state index is 12.3. The van der Waals surface area contributed by atoms with Gasteiger partial charge in [-0.05, 0) is 29.8 Å². The highest BCUT2D eigenvalue weighted by Gasteiger charge is 2.12. The van der Waals surface area contributed by atoms with E-state index >= 15 is 0 Å². The van der Waals surface area contributed by atoms with E-state index in [1.165, 1.54) is 0 Å². The summed E-state index contributed by atoms with van der Waals surface area (Å²) < 4.78 is 5.78. The Bertz CT molecular complexity index is 1050. The summed E-state index contributed by atoms with van der Waals surface area (Å²) in [5, 5.41) is 11.1. The van der Waals surface area contributed by atoms with Crippen LogP contribution in [0.25, 0.3) is 10.9 Å².